The molecule has 7 heteroatoms. The summed E-state index contributed by atoms with van der Waals surface area (Å²) in [5.74, 6) is -0.348. The second-order valence-corrected chi connectivity index (χ2v) is 6.58. The molecule has 2 aromatic rings. The van der Waals surface area contributed by atoms with Gasteiger partial charge in [-0.15, -0.1) is 0 Å². The molecule has 0 spiro atoms. The minimum absolute atomic E-state index is 0.0461. The third-order valence-corrected chi connectivity index (χ3v) is 4.59. The van der Waals surface area contributed by atoms with Crippen LogP contribution in [0, 0.1) is 0 Å². The fraction of sp³-hybridized carbons (Fsp3) is 0.421. The summed E-state index contributed by atoms with van der Waals surface area (Å²) < 4.78 is 1.16. The van der Waals surface area contributed by atoms with Crippen molar-refractivity contribution in [2.45, 2.75) is 39.2 Å². The van der Waals surface area contributed by atoms with E-state index in [1.165, 1.54) is 12.8 Å². The van der Waals surface area contributed by atoms with Crippen molar-refractivity contribution in [3.63, 3.8) is 0 Å². The predicted molar refractivity (Wildman–Crippen MR) is 101 cm³/mol. The maximum absolute atomic E-state index is 12.3. The summed E-state index contributed by atoms with van der Waals surface area (Å²) in [6.45, 7) is 3.53. The second-order valence-electron chi connectivity index (χ2n) is 6.58. The quantitative estimate of drug-likeness (QED) is 0.819. The van der Waals surface area contributed by atoms with Gasteiger partial charge in [0.25, 0.3) is 5.56 Å². The molecule has 1 saturated heterocycles. The van der Waals surface area contributed by atoms with Crippen molar-refractivity contribution in [2.24, 2.45) is 5.10 Å². The molecule has 26 heavy (non-hydrogen) atoms. The molecule has 0 saturated carbocycles. The van der Waals surface area contributed by atoms with E-state index >= 15 is 0 Å². The highest BCUT2D eigenvalue weighted by molar-refractivity contribution is 6.00. The molecule has 0 atom stereocenters. The Morgan fingerprint density at radius 1 is 1.12 bits per heavy atom. The smallest absolute Gasteiger partial charge is 0.331 e. The number of hydrazone groups is 1. The van der Waals surface area contributed by atoms with E-state index in [0.717, 1.165) is 36.1 Å². The van der Waals surface area contributed by atoms with Gasteiger partial charge in [-0.3, -0.25) is 19.4 Å². The molecule has 7 nitrogen and oxygen atoms in total. The van der Waals surface area contributed by atoms with Gasteiger partial charge in [-0.05, 0) is 25.3 Å². The summed E-state index contributed by atoms with van der Waals surface area (Å²) in [4.78, 5) is 26.8. The van der Waals surface area contributed by atoms with E-state index in [4.69, 9.17) is 0 Å². The minimum Gasteiger partial charge on any atom is -0.494 e. The Kier molecular flexibility index (Phi) is 5.55. The van der Waals surface area contributed by atoms with E-state index < -0.39 is 11.2 Å². The van der Waals surface area contributed by atoms with Gasteiger partial charge in [0.1, 0.15) is 5.56 Å². The van der Waals surface area contributed by atoms with Gasteiger partial charge in [-0.1, -0.05) is 43.2 Å². The maximum Gasteiger partial charge on any atom is 0.331 e. The van der Waals surface area contributed by atoms with Gasteiger partial charge in [0, 0.05) is 13.1 Å². The molecule has 0 unspecified atom stereocenters. The lowest BCUT2D eigenvalue weighted by molar-refractivity contribution is 0.300. The molecule has 138 valence electrons. The Hall–Kier alpha value is -2.83. The Morgan fingerprint density at radius 3 is 2.42 bits per heavy atom. The van der Waals surface area contributed by atoms with Crippen molar-refractivity contribution in [2.75, 3.05) is 13.1 Å². The Balaban J connectivity index is 1.97. The van der Waals surface area contributed by atoms with Crippen molar-refractivity contribution in [3.8, 4) is 5.88 Å². The molecule has 1 aromatic heterocycles. The van der Waals surface area contributed by atoms with Crippen molar-refractivity contribution < 1.29 is 5.11 Å². The number of hydrogen-bond acceptors (Lipinski definition) is 5. The average molecular weight is 356 g/mol. The van der Waals surface area contributed by atoms with E-state index in [9.17, 15) is 14.7 Å². The summed E-state index contributed by atoms with van der Waals surface area (Å²) in [6, 6.07) is 9.30. The van der Waals surface area contributed by atoms with Crippen LogP contribution in [0.4, 0.5) is 0 Å². The first-order valence-corrected chi connectivity index (χ1v) is 8.97. The normalized spacial score (nSPS) is 15.7. The molecule has 0 aliphatic carbocycles. The maximum atomic E-state index is 12.3. The van der Waals surface area contributed by atoms with E-state index in [1.807, 2.05) is 35.3 Å². The zero-order valence-corrected chi connectivity index (χ0v) is 14.9. The molecule has 1 aliphatic rings. The molecular weight excluding hydrogens is 332 g/mol. The second kappa shape index (κ2) is 8.03. The highest BCUT2D eigenvalue weighted by atomic mass is 16.3. The fourth-order valence-electron chi connectivity index (χ4n) is 3.21. The number of nitrogens with zero attached hydrogens (tertiary/aromatic N) is 3. The minimum atomic E-state index is -0.636. The zero-order valence-electron chi connectivity index (χ0n) is 14.9. The van der Waals surface area contributed by atoms with Crippen molar-refractivity contribution >= 4 is 5.71 Å². The Labute approximate surface area is 151 Å². The summed E-state index contributed by atoms with van der Waals surface area (Å²) in [6.07, 6.45) is 4.48. The number of H-pyrrole nitrogens is 1. The van der Waals surface area contributed by atoms with Gasteiger partial charge in [0.15, 0.2) is 0 Å². The van der Waals surface area contributed by atoms with Crippen LogP contribution in [0.15, 0.2) is 45.0 Å². The number of nitrogens with one attached hydrogen (secondary N) is 1. The van der Waals surface area contributed by atoms with Crippen LogP contribution in [0.25, 0.3) is 0 Å². The molecule has 2 heterocycles. The van der Waals surface area contributed by atoms with Gasteiger partial charge >= 0.3 is 5.69 Å². The summed E-state index contributed by atoms with van der Waals surface area (Å²) >= 11 is 0. The third kappa shape index (κ3) is 4.04. The van der Waals surface area contributed by atoms with Crippen LogP contribution in [-0.4, -0.2) is 38.5 Å². The molecule has 1 aromatic carbocycles. The van der Waals surface area contributed by atoms with Crippen LogP contribution in [0.5, 0.6) is 5.88 Å². The van der Waals surface area contributed by atoms with Crippen LogP contribution in [0.1, 0.15) is 43.7 Å². The van der Waals surface area contributed by atoms with Gasteiger partial charge in [-0.25, -0.2) is 4.79 Å². The number of aromatic amines is 1. The van der Waals surface area contributed by atoms with Gasteiger partial charge in [-0.2, -0.15) is 5.10 Å². The van der Waals surface area contributed by atoms with Crippen molar-refractivity contribution in [1.29, 1.82) is 0 Å². The standard InChI is InChI=1S/C19H24N4O3/c1-14(21-22-11-7-2-3-8-12-22)16-17(24)20-19(26)23(18(16)25)13-15-9-5-4-6-10-15/h4-6,9-10,25H,2-3,7-8,11-13H2,1H3,(H,20,24,26). The highest BCUT2D eigenvalue weighted by Crippen LogP contribution is 2.15. The highest BCUT2D eigenvalue weighted by Gasteiger charge is 2.18. The molecule has 2 N–H and O–H groups in total. The summed E-state index contributed by atoms with van der Waals surface area (Å²) in [5, 5.41) is 17.1. The molecular formula is C19H24N4O3. The van der Waals surface area contributed by atoms with E-state index in [2.05, 4.69) is 10.1 Å². The van der Waals surface area contributed by atoms with Crippen LogP contribution in [0.3, 0.4) is 0 Å². The molecule has 3 rings (SSSR count). The summed E-state index contributed by atoms with van der Waals surface area (Å²) in [7, 11) is 0. The molecule has 1 fully saturated rings. The first-order valence-electron chi connectivity index (χ1n) is 8.97. The third-order valence-electron chi connectivity index (χ3n) is 4.59. The fourth-order valence-corrected chi connectivity index (χ4v) is 3.21. The molecule has 0 bridgehead atoms. The first-order chi connectivity index (χ1) is 12.6. The van der Waals surface area contributed by atoms with Crippen LogP contribution < -0.4 is 11.2 Å². The number of aromatic nitrogens is 2. The lowest BCUT2D eigenvalue weighted by Crippen LogP contribution is -2.34. The average Bonchev–Trinajstić information content (AvgIpc) is 2.88. The SMILES string of the molecule is CC(=NN1CCCCCC1)c1c(O)n(Cc2ccccc2)c(=O)[nH]c1=O. The Bertz CT molecular complexity index is 891. The largest absolute Gasteiger partial charge is 0.494 e. The van der Waals surface area contributed by atoms with Crippen molar-refractivity contribution in [1.82, 2.24) is 14.6 Å². The van der Waals surface area contributed by atoms with Gasteiger partial charge in [0.05, 0.1) is 12.3 Å². The lowest BCUT2D eigenvalue weighted by Gasteiger charge is -2.18. The zero-order chi connectivity index (χ0) is 18.5. The monoisotopic (exact) mass is 356 g/mol. The van der Waals surface area contributed by atoms with Crippen LogP contribution in [0.2, 0.25) is 0 Å². The summed E-state index contributed by atoms with van der Waals surface area (Å²) in [5.41, 5.74) is 0.0535. The predicted octanol–water partition coefficient (Wildman–Crippen LogP) is 1.89. The first kappa shape index (κ1) is 18.0. The van der Waals surface area contributed by atoms with Crippen LogP contribution >= 0.6 is 0 Å². The van der Waals surface area contributed by atoms with Crippen LogP contribution in [-0.2, 0) is 6.54 Å². The Morgan fingerprint density at radius 2 is 1.77 bits per heavy atom. The number of rotatable bonds is 4. The molecule has 0 radical (unpaired) electrons. The molecule has 1 aliphatic heterocycles. The topological polar surface area (TPSA) is 90.7 Å². The van der Waals surface area contributed by atoms with Gasteiger partial charge in [0.2, 0.25) is 5.88 Å². The number of benzene rings is 1. The van der Waals surface area contributed by atoms with Crippen molar-refractivity contribution in [3.05, 3.63) is 62.3 Å². The lowest BCUT2D eigenvalue weighted by atomic mass is 10.2. The molecule has 0 amide bonds. The number of hydrogen-bond donors (Lipinski definition) is 2. The number of aromatic hydroxyl groups is 1. The van der Waals surface area contributed by atoms with E-state index in [0.29, 0.717) is 5.71 Å². The van der Waals surface area contributed by atoms with E-state index in [1.54, 1.807) is 6.92 Å². The van der Waals surface area contributed by atoms with E-state index in [-0.39, 0.29) is 18.0 Å². The van der Waals surface area contributed by atoms with Gasteiger partial charge < -0.3 is 5.11 Å².